The Morgan fingerprint density at radius 2 is 1.62 bits per heavy atom. The minimum Gasteiger partial charge on any atom is -0.323 e. The summed E-state index contributed by atoms with van der Waals surface area (Å²) in [4.78, 5) is 12.7. The first kappa shape index (κ1) is 21.6. The van der Waals surface area contributed by atoms with Crippen LogP contribution in [0.3, 0.4) is 0 Å². The Labute approximate surface area is 187 Å². The standard InChI is InChI=1S/C20H15BrCl2N2O3S/c21-18-6-1-2-7-19(18)24-20(26)13-25(16-5-3-4-15(23)12-16)29(27,28)17-10-8-14(22)9-11-17/h1-12H,13H2,(H,24,26). The normalized spacial score (nSPS) is 11.1. The van der Waals surface area contributed by atoms with Crippen LogP contribution in [0.15, 0.2) is 82.2 Å². The van der Waals surface area contributed by atoms with Crippen LogP contribution in [0.2, 0.25) is 10.0 Å². The highest BCUT2D eigenvalue weighted by molar-refractivity contribution is 9.10. The zero-order chi connectivity index (χ0) is 21.0. The third-order valence-electron chi connectivity index (χ3n) is 3.93. The molecule has 29 heavy (non-hydrogen) atoms. The number of halogens is 3. The molecule has 0 aliphatic heterocycles. The van der Waals surface area contributed by atoms with E-state index in [0.717, 1.165) is 4.31 Å². The summed E-state index contributed by atoms with van der Waals surface area (Å²) in [7, 11) is -4.04. The van der Waals surface area contributed by atoms with Crippen molar-refractivity contribution in [1.29, 1.82) is 0 Å². The number of anilines is 2. The van der Waals surface area contributed by atoms with Crippen molar-refractivity contribution >= 4 is 66.4 Å². The fraction of sp³-hybridized carbons (Fsp3) is 0.0500. The maximum absolute atomic E-state index is 13.3. The van der Waals surface area contributed by atoms with Gasteiger partial charge in [-0.2, -0.15) is 0 Å². The van der Waals surface area contributed by atoms with E-state index in [2.05, 4.69) is 21.2 Å². The van der Waals surface area contributed by atoms with Crippen LogP contribution in [0.1, 0.15) is 0 Å². The molecule has 0 heterocycles. The van der Waals surface area contributed by atoms with Crippen molar-refractivity contribution in [3.05, 3.63) is 87.3 Å². The molecule has 150 valence electrons. The van der Waals surface area contributed by atoms with Crippen LogP contribution in [0.4, 0.5) is 11.4 Å². The van der Waals surface area contributed by atoms with E-state index < -0.39 is 22.5 Å². The summed E-state index contributed by atoms with van der Waals surface area (Å²) >= 11 is 15.3. The summed E-state index contributed by atoms with van der Waals surface area (Å²) in [6, 6.07) is 19.1. The van der Waals surface area contributed by atoms with E-state index in [0.29, 0.717) is 20.2 Å². The Kier molecular flexibility index (Phi) is 6.85. The quantitative estimate of drug-likeness (QED) is 0.467. The molecule has 3 aromatic carbocycles. The van der Waals surface area contributed by atoms with Crippen molar-refractivity contribution < 1.29 is 13.2 Å². The van der Waals surface area contributed by atoms with E-state index in [1.165, 1.54) is 30.3 Å². The number of nitrogens with zero attached hydrogens (tertiary/aromatic N) is 1. The molecule has 0 fully saturated rings. The lowest BCUT2D eigenvalue weighted by atomic mass is 10.3. The van der Waals surface area contributed by atoms with Crippen LogP contribution in [0, 0.1) is 0 Å². The van der Waals surface area contributed by atoms with Gasteiger partial charge in [0, 0.05) is 14.5 Å². The van der Waals surface area contributed by atoms with Gasteiger partial charge in [-0.25, -0.2) is 8.42 Å². The number of rotatable bonds is 6. The highest BCUT2D eigenvalue weighted by atomic mass is 79.9. The van der Waals surface area contributed by atoms with Gasteiger partial charge >= 0.3 is 0 Å². The molecule has 0 unspecified atom stereocenters. The lowest BCUT2D eigenvalue weighted by molar-refractivity contribution is -0.114. The Bertz CT molecular complexity index is 1140. The van der Waals surface area contributed by atoms with Crippen molar-refractivity contribution in [3.8, 4) is 0 Å². The fourth-order valence-electron chi connectivity index (χ4n) is 2.56. The number of nitrogens with one attached hydrogen (secondary N) is 1. The van der Waals surface area contributed by atoms with E-state index in [1.54, 1.807) is 36.4 Å². The lowest BCUT2D eigenvalue weighted by Crippen LogP contribution is -2.38. The van der Waals surface area contributed by atoms with Crippen molar-refractivity contribution in [1.82, 2.24) is 0 Å². The van der Waals surface area contributed by atoms with Crippen LogP contribution in [0.5, 0.6) is 0 Å². The number of carbonyl (C=O) groups excluding carboxylic acids is 1. The molecule has 0 atom stereocenters. The van der Waals surface area contributed by atoms with Crippen LogP contribution in [-0.4, -0.2) is 20.9 Å². The summed E-state index contributed by atoms with van der Waals surface area (Å²) in [6.07, 6.45) is 0. The molecule has 3 rings (SSSR count). The van der Waals surface area contributed by atoms with E-state index in [4.69, 9.17) is 23.2 Å². The smallest absolute Gasteiger partial charge is 0.264 e. The molecule has 0 aliphatic carbocycles. The Balaban J connectivity index is 1.96. The average molecular weight is 514 g/mol. The predicted molar refractivity (Wildman–Crippen MR) is 120 cm³/mol. The van der Waals surface area contributed by atoms with Gasteiger partial charge in [0.1, 0.15) is 6.54 Å². The molecule has 0 saturated heterocycles. The summed E-state index contributed by atoms with van der Waals surface area (Å²) in [5.41, 5.74) is 0.808. The van der Waals surface area contributed by atoms with Crippen molar-refractivity contribution in [2.24, 2.45) is 0 Å². The maximum atomic E-state index is 13.3. The highest BCUT2D eigenvalue weighted by Gasteiger charge is 2.27. The molecule has 0 saturated carbocycles. The number of sulfonamides is 1. The molecule has 0 aliphatic rings. The molecular weight excluding hydrogens is 499 g/mol. The largest absolute Gasteiger partial charge is 0.323 e. The van der Waals surface area contributed by atoms with Gasteiger partial charge < -0.3 is 5.32 Å². The summed E-state index contributed by atoms with van der Waals surface area (Å²) in [5.74, 6) is -0.505. The lowest BCUT2D eigenvalue weighted by Gasteiger charge is -2.24. The number of benzene rings is 3. The molecule has 1 amide bonds. The molecule has 3 aromatic rings. The first-order valence-corrected chi connectivity index (χ1v) is 11.3. The van der Waals surface area contributed by atoms with Crippen LogP contribution in [0.25, 0.3) is 0 Å². The Morgan fingerprint density at radius 3 is 2.28 bits per heavy atom. The molecule has 5 nitrogen and oxygen atoms in total. The monoisotopic (exact) mass is 512 g/mol. The van der Waals surface area contributed by atoms with Gasteiger partial charge in [0.15, 0.2) is 0 Å². The van der Waals surface area contributed by atoms with Crippen LogP contribution >= 0.6 is 39.1 Å². The fourth-order valence-corrected chi connectivity index (χ4v) is 4.67. The van der Waals surface area contributed by atoms with Crippen molar-refractivity contribution in [2.75, 3.05) is 16.2 Å². The van der Waals surface area contributed by atoms with Gasteiger partial charge in [-0.05, 0) is 70.5 Å². The topological polar surface area (TPSA) is 66.5 Å². The number of hydrogen-bond donors (Lipinski definition) is 1. The van der Waals surface area contributed by atoms with Crippen molar-refractivity contribution in [2.45, 2.75) is 4.90 Å². The Morgan fingerprint density at radius 1 is 0.931 bits per heavy atom. The van der Waals surface area contributed by atoms with Gasteiger partial charge in [-0.1, -0.05) is 41.4 Å². The molecular formula is C20H15BrCl2N2O3S. The highest BCUT2D eigenvalue weighted by Crippen LogP contribution is 2.27. The minimum absolute atomic E-state index is 0.00978. The first-order chi connectivity index (χ1) is 13.8. The second-order valence-electron chi connectivity index (χ2n) is 5.97. The number of amides is 1. The SMILES string of the molecule is O=C(CN(c1cccc(Cl)c1)S(=O)(=O)c1ccc(Cl)cc1)Nc1ccccc1Br. The Hall–Kier alpha value is -2.06. The number of carbonyl (C=O) groups is 1. The summed E-state index contributed by atoms with van der Waals surface area (Å²) < 4.78 is 28.2. The molecule has 0 aromatic heterocycles. The van der Waals surface area contributed by atoms with Gasteiger partial charge in [0.25, 0.3) is 10.0 Å². The zero-order valence-electron chi connectivity index (χ0n) is 14.8. The average Bonchev–Trinajstić information content (AvgIpc) is 2.68. The second kappa shape index (κ2) is 9.17. The number of hydrogen-bond acceptors (Lipinski definition) is 3. The summed E-state index contributed by atoms with van der Waals surface area (Å²) in [5, 5.41) is 3.47. The minimum atomic E-state index is -4.04. The first-order valence-electron chi connectivity index (χ1n) is 8.35. The molecule has 1 N–H and O–H groups in total. The summed E-state index contributed by atoms with van der Waals surface area (Å²) in [6.45, 7) is -0.438. The molecule has 0 bridgehead atoms. The number of para-hydroxylation sites is 1. The van der Waals surface area contributed by atoms with E-state index >= 15 is 0 Å². The maximum Gasteiger partial charge on any atom is 0.264 e. The van der Waals surface area contributed by atoms with Gasteiger partial charge in [-0.15, -0.1) is 0 Å². The zero-order valence-corrected chi connectivity index (χ0v) is 18.8. The van der Waals surface area contributed by atoms with Crippen molar-refractivity contribution in [3.63, 3.8) is 0 Å². The molecule has 0 radical (unpaired) electrons. The second-order valence-corrected chi connectivity index (χ2v) is 9.56. The van der Waals surface area contributed by atoms with E-state index in [9.17, 15) is 13.2 Å². The third-order valence-corrected chi connectivity index (χ3v) is 6.90. The molecule has 9 heteroatoms. The van der Waals surface area contributed by atoms with Gasteiger partial charge in [-0.3, -0.25) is 9.10 Å². The third kappa shape index (κ3) is 5.30. The van der Waals surface area contributed by atoms with Crippen LogP contribution < -0.4 is 9.62 Å². The predicted octanol–water partition coefficient (Wildman–Crippen LogP) is 5.59. The van der Waals surface area contributed by atoms with Crippen LogP contribution in [-0.2, 0) is 14.8 Å². The van der Waals surface area contributed by atoms with Gasteiger partial charge in [0.05, 0.1) is 16.3 Å². The van der Waals surface area contributed by atoms with E-state index in [1.807, 2.05) is 6.07 Å². The van der Waals surface area contributed by atoms with Gasteiger partial charge in [0.2, 0.25) is 5.91 Å². The molecule has 0 spiro atoms. The van der Waals surface area contributed by atoms with E-state index in [-0.39, 0.29) is 10.6 Å².